The van der Waals surface area contributed by atoms with Crippen molar-refractivity contribution in [3.8, 4) is 0 Å². The van der Waals surface area contributed by atoms with Gasteiger partial charge in [0.2, 0.25) is 0 Å². The molecule has 0 radical (unpaired) electrons. The lowest BCUT2D eigenvalue weighted by Crippen LogP contribution is -2.37. The second kappa shape index (κ2) is 5.61. The van der Waals surface area contributed by atoms with E-state index >= 15 is 0 Å². The van der Waals surface area contributed by atoms with Crippen molar-refractivity contribution in [3.05, 3.63) is 30.1 Å². The topological polar surface area (TPSA) is 50.9 Å². The van der Waals surface area contributed by atoms with Gasteiger partial charge in [0.25, 0.3) is 0 Å². The molecule has 1 aliphatic rings. The van der Waals surface area contributed by atoms with Crippen molar-refractivity contribution in [1.29, 1.82) is 0 Å². The lowest BCUT2D eigenvalue weighted by Gasteiger charge is -2.36. The van der Waals surface area contributed by atoms with Crippen LogP contribution in [0, 0.1) is 17.8 Å². The van der Waals surface area contributed by atoms with Crippen LogP contribution in [0.2, 0.25) is 0 Å². The van der Waals surface area contributed by atoms with Gasteiger partial charge in [-0.25, -0.2) is 0 Å². The van der Waals surface area contributed by atoms with Crippen molar-refractivity contribution in [3.63, 3.8) is 0 Å². The van der Waals surface area contributed by atoms with Gasteiger partial charge in [0.1, 0.15) is 0 Å². The summed E-state index contributed by atoms with van der Waals surface area (Å²) >= 11 is 0. The highest BCUT2D eigenvalue weighted by molar-refractivity contribution is 5.10. The molecular formula is C14H23N3. The summed E-state index contributed by atoms with van der Waals surface area (Å²) in [6, 6.07) is 6.24. The third-order valence-corrected chi connectivity index (χ3v) is 4.30. The van der Waals surface area contributed by atoms with Gasteiger partial charge in [-0.1, -0.05) is 26.3 Å². The zero-order chi connectivity index (χ0) is 12.3. The molecule has 0 aliphatic heterocycles. The molecule has 17 heavy (non-hydrogen) atoms. The number of nitrogens with one attached hydrogen (secondary N) is 1. The van der Waals surface area contributed by atoms with E-state index in [1.54, 1.807) is 0 Å². The van der Waals surface area contributed by atoms with Crippen LogP contribution < -0.4 is 11.3 Å². The number of nitrogens with zero attached hydrogens (tertiary/aromatic N) is 1. The molecule has 0 aromatic carbocycles. The first-order valence-electron chi connectivity index (χ1n) is 6.59. The van der Waals surface area contributed by atoms with Crippen molar-refractivity contribution in [2.24, 2.45) is 23.6 Å². The predicted molar refractivity (Wildman–Crippen MR) is 70.0 cm³/mol. The highest BCUT2D eigenvalue weighted by Crippen LogP contribution is 2.38. The Balaban J connectivity index is 2.09. The highest BCUT2D eigenvalue weighted by Gasteiger charge is 2.30. The minimum Gasteiger partial charge on any atom is -0.271 e. The van der Waals surface area contributed by atoms with Crippen molar-refractivity contribution < 1.29 is 0 Å². The maximum Gasteiger partial charge on any atom is 0.0660 e. The summed E-state index contributed by atoms with van der Waals surface area (Å²) in [5.74, 6) is 7.96. The van der Waals surface area contributed by atoms with Crippen LogP contribution in [0.3, 0.4) is 0 Å². The van der Waals surface area contributed by atoms with Crippen LogP contribution in [-0.4, -0.2) is 4.98 Å². The molecule has 1 saturated carbocycles. The summed E-state index contributed by atoms with van der Waals surface area (Å²) in [4.78, 5) is 4.43. The molecule has 3 heteroatoms. The first kappa shape index (κ1) is 12.5. The molecule has 1 heterocycles. The second-order valence-corrected chi connectivity index (χ2v) is 5.43. The minimum atomic E-state index is 0.200. The third kappa shape index (κ3) is 2.85. The fourth-order valence-electron chi connectivity index (χ4n) is 2.91. The van der Waals surface area contributed by atoms with Crippen LogP contribution in [0.15, 0.2) is 24.4 Å². The average molecular weight is 233 g/mol. The lowest BCUT2D eigenvalue weighted by atomic mass is 9.73. The Hall–Kier alpha value is -0.930. The van der Waals surface area contributed by atoms with E-state index in [-0.39, 0.29) is 6.04 Å². The Kier molecular flexibility index (Phi) is 4.13. The molecule has 0 spiro atoms. The number of hydrazine groups is 1. The Morgan fingerprint density at radius 2 is 2.12 bits per heavy atom. The Morgan fingerprint density at radius 3 is 2.71 bits per heavy atom. The second-order valence-electron chi connectivity index (χ2n) is 5.43. The molecule has 94 valence electrons. The van der Waals surface area contributed by atoms with Gasteiger partial charge in [0.15, 0.2) is 0 Å². The van der Waals surface area contributed by atoms with Crippen molar-refractivity contribution in [2.75, 3.05) is 0 Å². The molecule has 1 aromatic rings. The minimum absolute atomic E-state index is 0.200. The predicted octanol–water partition coefficient (Wildman–Crippen LogP) is 2.66. The van der Waals surface area contributed by atoms with Crippen LogP contribution in [0.5, 0.6) is 0 Å². The smallest absolute Gasteiger partial charge is 0.0660 e. The monoisotopic (exact) mass is 233 g/mol. The van der Waals surface area contributed by atoms with Gasteiger partial charge < -0.3 is 0 Å². The van der Waals surface area contributed by atoms with Crippen molar-refractivity contribution >= 4 is 0 Å². The number of hydrogen-bond donors (Lipinski definition) is 2. The number of rotatable bonds is 3. The van der Waals surface area contributed by atoms with Gasteiger partial charge in [-0.3, -0.25) is 16.3 Å². The number of hydrogen-bond acceptors (Lipinski definition) is 3. The maximum atomic E-state index is 5.73. The Bertz CT molecular complexity index is 339. The molecule has 1 aliphatic carbocycles. The molecule has 0 saturated heterocycles. The van der Waals surface area contributed by atoms with Crippen molar-refractivity contribution in [2.45, 2.75) is 39.2 Å². The lowest BCUT2D eigenvalue weighted by molar-refractivity contribution is 0.170. The van der Waals surface area contributed by atoms with E-state index in [0.717, 1.165) is 17.5 Å². The first-order chi connectivity index (χ1) is 8.22. The summed E-state index contributed by atoms with van der Waals surface area (Å²) in [6.07, 6.45) is 5.63. The molecule has 4 atom stereocenters. The zero-order valence-electron chi connectivity index (χ0n) is 10.8. The van der Waals surface area contributed by atoms with Gasteiger partial charge in [-0.05, 0) is 42.7 Å². The molecule has 3 N–H and O–H groups in total. The van der Waals surface area contributed by atoms with E-state index in [1.807, 2.05) is 18.3 Å². The van der Waals surface area contributed by atoms with Crippen LogP contribution in [0.4, 0.5) is 0 Å². The standard InChI is InChI=1S/C14H23N3/c1-10-6-7-12(9-11(10)2)14(17-15)13-5-3-4-8-16-13/h3-5,8,10-12,14,17H,6-7,9,15H2,1-2H3. The summed E-state index contributed by atoms with van der Waals surface area (Å²) in [5.41, 5.74) is 4.03. The van der Waals surface area contributed by atoms with Crippen LogP contribution in [0.25, 0.3) is 0 Å². The van der Waals surface area contributed by atoms with Gasteiger partial charge in [-0.15, -0.1) is 0 Å². The largest absolute Gasteiger partial charge is 0.271 e. The number of aromatic nitrogens is 1. The SMILES string of the molecule is CC1CCC(C(NN)c2ccccn2)CC1C. The summed E-state index contributed by atoms with van der Waals surface area (Å²) in [7, 11) is 0. The van der Waals surface area contributed by atoms with Gasteiger partial charge >= 0.3 is 0 Å². The van der Waals surface area contributed by atoms with E-state index < -0.39 is 0 Å². The number of pyridine rings is 1. The van der Waals surface area contributed by atoms with E-state index in [2.05, 4.69) is 30.3 Å². The average Bonchev–Trinajstić information content (AvgIpc) is 2.36. The van der Waals surface area contributed by atoms with Crippen LogP contribution >= 0.6 is 0 Å². The fourth-order valence-corrected chi connectivity index (χ4v) is 2.91. The van der Waals surface area contributed by atoms with E-state index in [9.17, 15) is 0 Å². The van der Waals surface area contributed by atoms with Gasteiger partial charge in [0, 0.05) is 6.20 Å². The molecule has 1 fully saturated rings. The Labute approximate surface area is 104 Å². The molecule has 0 bridgehead atoms. The first-order valence-corrected chi connectivity index (χ1v) is 6.59. The number of nitrogens with two attached hydrogens (primary N) is 1. The highest BCUT2D eigenvalue weighted by atomic mass is 15.2. The normalized spacial score (nSPS) is 31.1. The molecule has 3 nitrogen and oxygen atoms in total. The van der Waals surface area contributed by atoms with E-state index in [0.29, 0.717) is 5.92 Å². The molecule has 4 unspecified atom stereocenters. The van der Waals surface area contributed by atoms with E-state index in [1.165, 1.54) is 19.3 Å². The summed E-state index contributed by atoms with van der Waals surface area (Å²) in [5, 5.41) is 0. The van der Waals surface area contributed by atoms with Crippen LogP contribution in [-0.2, 0) is 0 Å². The maximum absolute atomic E-state index is 5.73. The fraction of sp³-hybridized carbons (Fsp3) is 0.643. The molecule has 2 rings (SSSR count). The zero-order valence-corrected chi connectivity index (χ0v) is 10.8. The third-order valence-electron chi connectivity index (χ3n) is 4.30. The van der Waals surface area contributed by atoms with Gasteiger partial charge in [0.05, 0.1) is 11.7 Å². The van der Waals surface area contributed by atoms with Crippen molar-refractivity contribution in [1.82, 2.24) is 10.4 Å². The molecule has 0 amide bonds. The van der Waals surface area contributed by atoms with Gasteiger partial charge in [-0.2, -0.15) is 0 Å². The quantitative estimate of drug-likeness (QED) is 0.623. The molecule has 1 aromatic heterocycles. The van der Waals surface area contributed by atoms with Crippen LogP contribution in [0.1, 0.15) is 44.8 Å². The summed E-state index contributed by atoms with van der Waals surface area (Å²) in [6.45, 7) is 4.70. The van der Waals surface area contributed by atoms with E-state index in [4.69, 9.17) is 5.84 Å². The molecular weight excluding hydrogens is 210 g/mol. The summed E-state index contributed by atoms with van der Waals surface area (Å²) < 4.78 is 0. The Morgan fingerprint density at radius 1 is 1.29 bits per heavy atom.